The van der Waals surface area contributed by atoms with E-state index >= 15 is 0 Å². The van der Waals surface area contributed by atoms with Crippen LogP contribution in [0.5, 0.6) is 0 Å². The third kappa shape index (κ3) is 9.70. The van der Waals surface area contributed by atoms with Gasteiger partial charge in [-0.05, 0) is 70.7 Å². The molecule has 0 amide bonds. The number of halogens is 1. The number of hydrogen-bond donors (Lipinski definition) is 2. The summed E-state index contributed by atoms with van der Waals surface area (Å²) in [6.45, 7) is 10.7. The second-order valence-electron chi connectivity index (χ2n) is 6.84. The van der Waals surface area contributed by atoms with Crippen LogP contribution in [0.3, 0.4) is 0 Å². The highest BCUT2D eigenvalue weighted by Gasteiger charge is 2.11. The van der Waals surface area contributed by atoms with Gasteiger partial charge in [-0.1, -0.05) is 11.6 Å². The number of nitrogens with one attached hydrogen (secondary N) is 2. The van der Waals surface area contributed by atoms with E-state index in [9.17, 15) is 0 Å². The van der Waals surface area contributed by atoms with E-state index in [0.29, 0.717) is 0 Å². The number of benzene rings is 1. The van der Waals surface area contributed by atoms with Gasteiger partial charge in [-0.15, -0.1) is 11.8 Å². The third-order valence-electron chi connectivity index (χ3n) is 4.54. The molecule has 27 heavy (non-hydrogen) atoms. The molecule has 0 unspecified atom stereocenters. The van der Waals surface area contributed by atoms with Gasteiger partial charge in [-0.2, -0.15) is 0 Å². The minimum Gasteiger partial charge on any atom is -0.357 e. The lowest BCUT2D eigenvalue weighted by Crippen LogP contribution is -2.38. The normalized spacial score (nSPS) is 16.9. The van der Waals surface area contributed by atoms with Crippen molar-refractivity contribution in [1.82, 2.24) is 20.4 Å². The molecule has 7 heteroatoms. The second kappa shape index (κ2) is 13.3. The van der Waals surface area contributed by atoms with Gasteiger partial charge in [0.25, 0.3) is 0 Å². The van der Waals surface area contributed by atoms with Crippen molar-refractivity contribution in [3.8, 4) is 0 Å². The van der Waals surface area contributed by atoms with Crippen molar-refractivity contribution in [2.24, 2.45) is 4.99 Å². The molecule has 5 nitrogen and oxygen atoms in total. The number of rotatable bonds is 9. The molecular formula is C20H34ClN5S. The minimum atomic E-state index is 0.784. The summed E-state index contributed by atoms with van der Waals surface area (Å²) < 4.78 is 0. The molecule has 0 radical (unpaired) electrons. The summed E-state index contributed by atoms with van der Waals surface area (Å²) in [5, 5.41) is 7.55. The summed E-state index contributed by atoms with van der Waals surface area (Å²) in [5.41, 5.74) is 0. The van der Waals surface area contributed by atoms with E-state index in [4.69, 9.17) is 16.6 Å². The Hall–Kier alpha value is -0.950. The van der Waals surface area contributed by atoms with Crippen LogP contribution in [-0.4, -0.2) is 80.9 Å². The monoisotopic (exact) mass is 411 g/mol. The minimum absolute atomic E-state index is 0.784. The number of aliphatic imine (C=N–C) groups is 1. The maximum absolute atomic E-state index is 5.92. The van der Waals surface area contributed by atoms with Crippen LogP contribution in [0.25, 0.3) is 0 Å². The molecule has 0 spiro atoms. The van der Waals surface area contributed by atoms with Gasteiger partial charge in [0.1, 0.15) is 0 Å². The molecule has 0 saturated carbocycles. The van der Waals surface area contributed by atoms with E-state index in [1.54, 1.807) is 0 Å². The molecule has 2 N–H and O–H groups in total. The Labute approximate surface area is 173 Å². The van der Waals surface area contributed by atoms with Crippen molar-refractivity contribution >= 4 is 29.3 Å². The first-order chi connectivity index (χ1) is 13.2. The maximum atomic E-state index is 5.92. The first-order valence-corrected chi connectivity index (χ1v) is 11.3. The van der Waals surface area contributed by atoms with E-state index in [-0.39, 0.29) is 0 Å². The number of hydrogen-bond acceptors (Lipinski definition) is 4. The van der Waals surface area contributed by atoms with Crippen LogP contribution in [0, 0.1) is 0 Å². The zero-order chi connectivity index (χ0) is 19.3. The molecule has 1 saturated heterocycles. The highest BCUT2D eigenvalue weighted by Crippen LogP contribution is 2.19. The van der Waals surface area contributed by atoms with Crippen LogP contribution in [0.4, 0.5) is 0 Å². The molecule has 0 aliphatic carbocycles. The van der Waals surface area contributed by atoms with Gasteiger partial charge in [-0.3, -0.25) is 4.99 Å². The topological polar surface area (TPSA) is 42.9 Å². The molecule has 1 fully saturated rings. The highest BCUT2D eigenvalue weighted by atomic mass is 35.5. The number of nitrogens with zero attached hydrogens (tertiary/aromatic N) is 3. The highest BCUT2D eigenvalue weighted by molar-refractivity contribution is 7.99. The van der Waals surface area contributed by atoms with Crippen molar-refractivity contribution in [1.29, 1.82) is 0 Å². The Morgan fingerprint density at radius 1 is 1.15 bits per heavy atom. The number of guanidine groups is 1. The quantitative estimate of drug-likeness (QED) is 0.283. The lowest BCUT2D eigenvalue weighted by molar-refractivity contribution is 0.275. The number of likely N-dealkylation sites (N-methyl/N-ethyl adjacent to an activating group) is 1. The summed E-state index contributed by atoms with van der Waals surface area (Å²) in [5.74, 6) is 1.91. The average molecular weight is 412 g/mol. The van der Waals surface area contributed by atoms with Gasteiger partial charge in [0.05, 0.1) is 0 Å². The maximum Gasteiger partial charge on any atom is 0.191 e. The second-order valence-corrected chi connectivity index (χ2v) is 8.45. The van der Waals surface area contributed by atoms with Crippen LogP contribution in [0.2, 0.25) is 5.02 Å². The van der Waals surface area contributed by atoms with E-state index < -0.39 is 0 Å². The van der Waals surface area contributed by atoms with E-state index in [1.807, 2.05) is 23.9 Å². The van der Waals surface area contributed by atoms with Gasteiger partial charge < -0.3 is 20.4 Å². The van der Waals surface area contributed by atoms with E-state index in [0.717, 1.165) is 49.3 Å². The van der Waals surface area contributed by atoms with Gasteiger partial charge in [0.2, 0.25) is 0 Å². The van der Waals surface area contributed by atoms with Crippen molar-refractivity contribution in [2.45, 2.75) is 24.7 Å². The largest absolute Gasteiger partial charge is 0.357 e. The van der Waals surface area contributed by atoms with E-state index in [2.05, 4.69) is 46.5 Å². The van der Waals surface area contributed by atoms with Gasteiger partial charge in [0, 0.05) is 48.4 Å². The van der Waals surface area contributed by atoms with Crippen LogP contribution in [-0.2, 0) is 0 Å². The zero-order valence-electron chi connectivity index (χ0n) is 16.7. The molecule has 1 heterocycles. The Morgan fingerprint density at radius 2 is 1.96 bits per heavy atom. The molecule has 1 aromatic carbocycles. The fraction of sp³-hybridized carbons (Fsp3) is 0.650. The van der Waals surface area contributed by atoms with Crippen LogP contribution >= 0.6 is 23.4 Å². The Bertz CT molecular complexity index is 552. The fourth-order valence-electron chi connectivity index (χ4n) is 3.02. The van der Waals surface area contributed by atoms with Crippen molar-refractivity contribution in [3.63, 3.8) is 0 Å². The first-order valence-electron chi connectivity index (χ1n) is 9.99. The van der Waals surface area contributed by atoms with Gasteiger partial charge in [-0.25, -0.2) is 0 Å². The summed E-state index contributed by atoms with van der Waals surface area (Å²) in [7, 11) is 2.22. The van der Waals surface area contributed by atoms with Crippen LogP contribution in [0.1, 0.15) is 19.8 Å². The van der Waals surface area contributed by atoms with Crippen molar-refractivity contribution < 1.29 is 0 Å². The Balaban J connectivity index is 1.63. The van der Waals surface area contributed by atoms with Crippen molar-refractivity contribution in [2.75, 3.05) is 65.2 Å². The molecule has 2 rings (SSSR count). The Morgan fingerprint density at radius 3 is 2.74 bits per heavy atom. The number of thioether (sulfide) groups is 1. The van der Waals surface area contributed by atoms with Gasteiger partial charge in [0.15, 0.2) is 5.96 Å². The Kier molecular flexibility index (Phi) is 11.0. The lowest BCUT2D eigenvalue weighted by atomic mass is 10.3. The molecule has 0 aromatic heterocycles. The zero-order valence-corrected chi connectivity index (χ0v) is 18.3. The fourth-order valence-corrected chi connectivity index (χ4v) is 3.91. The predicted octanol–water partition coefficient (Wildman–Crippen LogP) is 3.01. The lowest BCUT2D eigenvalue weighted by Gasteiger charge is -2.19. The van der Waals surface area contributed by atoms with E-state index in [1.165, 1.54) is 37.5 Å². The van der Waals surface area contributed by atoms with Crippen molar-refractivity contribution in [3.05, 3.63) is 29.3 Å². The summed E-state index contributed by atoms with van der Waals surface area (Å²) in [6.07, 6.45) is 2.38. The summed E-state index contributed by atoms with van der Waals surface area (Å²) in [6, 6.07) is 8.00. The molecule has 0 bridgehead atoms. The molecule has 1 aromatic rings. The first kappa shape index (κ1) is 22.3. The predicted molar refractivity (Wildman–Crippen MR) is 119 cm³/mol. The van der Waals surface area contributed by atoms with Crippen LogP contribution < -0.4 is 10.6 Å². The standard InChI is InChI=1S/C20H34ClN5S/c1-3-22-20(24-11-17-27-19-8-6-18(21)7-9-19)23-10-4-13-26-14-5-12-25(2)15-16-26/h6-9H,3-5,10-17H2,1-2H3,(H2,22,23,24). The molecule has 1 aliphatic heterocycles. The SMILES string of the molecule is CCNC(=NCCCN1CCCN(C)CC1)NCCSc1ccc(Cl)cc1. The molecular weight excluding hydrogens is 378 g/mol. The van der Waals surface area contributed by atoms with Crippen LogP contribution in [0.15, 0.2) is 34.2 Å². The average Bonchev–Trinajstić information content (AvgIpc) is 2.88. The molecule has 0 atom stereocenters. The summed E-state index contributed by atoms with van der Waals surface area (Å²) >= 11 is 7.75. The third-order valence-corrected chi connectivity index (χ3v) is 5.80. The van der Waals surface area contributed by atoms with Gasteiger partial charge >= 0.3 is 0 Å². The smallest absolute Gasteiger partial charge is 0.191 e. The molecule has 152 valence electrons. The summed E-state index contributed by atoms with van der Waals surface area (Å²) in [4.78, 5) is 11.0. The molecule has 1 aliphatic rings.